The molecule has 0 saturated heterocycles. The smallest absolute Gasteiger partial charge is 0.349 e. The summed E-state index contributed by atoms with van der Waals surface area (Å²) < 4.78 is 13.2. The monoisotopic (exact) mass is 420 g/mol. The van der Waals surface area contributed by atoms with Crippen molar-refractivity contribution < 1.29 is 9.47 Å². The van der Waals surface area contributed by atoms with E-state index in [2.05, 4.69) is 27.1 Å². The lowest BCUT2D eigenvalue weighted by molar-refractivity contribution is 0.172. The Labute approximate surface area is 178 Å². The summed E-state index contributed by atoms with van der Waals surface area (Å²) in [5.74, 6) is 1.49. The van der Waals surface area contributed by atoms with E-state index in [1.54, 1.807) is 6.07 Å². The normalized spacial score (nSPS) is 12.5. The zero-order valence-electron chi connectivity index (χ0n) is 17.6. The highest BCUT2D eigenvalue weighted by atomic mass is 16.6. The summed E-state index contributed by atoms with van der Waals surface area (Å²) in [6.45, 7) is 5.50. The average molecular weight is 420 g/mol. The SMILES string of the molecule is CC.O=c1nc2n(CCCc3ccccc3)c3cc4c(cc3nc-2c(=O)[nH]1)OCCO4. The van der Waals surface area contributed by atoms with Crippen molar-refractivity contribution in [3.63, 3.8) is 0 Å². The van der Waals surface area contributed by atoms with E-state index in [9.17, 15) is 9.59 Å². The first-order valence-electron chi connectivity index (χ1n) is 10.5. The average Bonchev–Trinajstić information content (AvgIpc) is 2.80. The van der Waals surface area contributed by atoms with Crippen LogP contribution in [0.3, 0.4) is 0 Å². The molecule has 0 aromatic heterocycles. The van der Waals surface area contributed by atoms with Crippen LogP contribution in [0.15, 0.2) is 52.1 Å². The molecule has 0 bridgehead atoms. The number of nitrogens with zero attached hydrogens (tertiary/aromatic N) is 3. The molecule has 0 unspecified atom stereocenters. The summed E-state index contributed by atoms with van der Waals surface area (Å²) in [6.07, 6.45) is 1.66. The maximum absolute atomic E-state index is 12.4. The fourth-order valence-electron chi connectivity index (χ4n) is 3.64. The van der Waals surface area contributed by atoms with Crippen molar-refractivity contribution in [3.05, 3.63) is 68.9 Å². The van der Waals surface area contributed by atoms with Gasteiger partial charge in [-0.1, -0.05) is 44.2 Å². The molecule has 0 spiro atoms. The molecular weight excluding hydrogens is 396 g/mol. The van der Waals surface area contributed by atoms with Crippen molar-refractivity contribution in [2.75, 3.05) is 13.2 Å². The molecular formula is C23H24N4O4. The minimum absolute atomic E-state index is 0.133. The van der Waals surface area contributed by atoms with Crippen molar-refractivity contribution in [2.24, 2.45) is 0 Å². The largest absolute Gasteiger partial charge is 0.486 e. The zero-order valence-corrected chi connectivity index (χ0v) is 17.6. The van der Waals surface area contributed by atoms with E-state index in [1.165, 1.54) is 5.56 Å². The van der Waals surface area contributed by atoms with Crippen molar-refractivity contribution in [2.45, 2.75) is 33.2 Å². The minimum atomic E-state index is -0.682. The Hall–Kier alpha value is -3.68. The Bertz CT molecular complexity index is 1280. The topological polar surface area (TPSA) is 99.1 Å². The van der Waals surface area contributed by atoms with Crippen molar-refractivity contribution in [3.8, 4) is 23.0 Å². The van der Waals surface area contributed by atoms with Gasteiger partial charge in [0.05, 0.1) is 11.0 Å². The van der Waals surface area contributed by atoms with Crippen LogP contribution in [0.25, 0.3) is 22.6 Å². The summed E-state index contributed by atoms with van der Waals surface area (Å²) >= 11 is 0. The second kappa shape index (κ2) is 8.99. The van der Waals surface area contributed by atoms with Gasteiger partial charge in [0, 0.05) is 18.7 Å². The number of nitrogens with one attached hydrogen (secondary N) is 1. The fourth-order valence-corrected chi connectivity index (χ4v) is 3.64. The third-order valence-electron chi connectivity index (χ3n) is 4.96. The van der Waals surface area contributed by atoms with E-state index in [-0.39, 0.29) is 11.5 Å². The second-order valence-corrected chi connectivity index (χ2v) is 6.88. The predicted molar refractivity (Wildman–Crippen MR) is 118 cm³/mol. The molecule has 3 heterocycles. The molecule has 160 valence electrons. The number of ether oxygens (including phenoxy) is 2. The highest BCUT2D eigenvalue weighted by Gasteiger charge is 2.21. The molecule has 8 heteroatoms. The molecule has 0 saturated carbocycles. The van der Waals surface area contributed by atoms with Crippen LogP contribution in [0.2, 0.25) is 0 Å². The summed E-state index contributed by atoms with van der Waals surface area (Å²) in [5.41, 5.74) is 1.46. The fraction of sp³-hybridized carbons (Fsp3) is 0.304. The first-order chi connectivity index (χ1) is 15.2. The molecule has 1 N–H and O–H groups in total. The Morgan fingerprint density at radius 1 is 1.00 bits per heavy atom. The van der Waals surface area contributed by atoms with Gasteiger partial charge in [-0.25, -0.2) is 9.78 Å². The lowest BCUT2D eigenvalue weighted by Crippen LogP contribution is -2.29. The maximum atomic E-state index is 12.4. The number of hydrogen-bond acceptors (Lipinski definition) is 6. The van der Waals surface area contributed by atoms with Crippen LogP contribution in [0.1, 0.15) is 25.8 Å². The molecule has 0 aliphatic carbocycles. The van der Waals surface area contributed by atoms with Gasteiger partial charge in [0.1, 0.15) is 13.2 Å². The molecule has 3 aliphatic heterocycles. The van der Waals surface area contributed by atoms with Crippen LogP contribution in [0, 0.1) is 0 Å². The van der Waals surface area contributed by atoms with Crippen molar-refractivity contribution in [1.29, 1.82) is 0 Å². The molecule has 3 aliphatic rings. The number of aromatic nitrogens is 4. The third-order valence-corrected chi connectivity index (χ3v) is 4.96. The first-order valence-corrected chi connectivity index (χ1v) is 10.5. The van der Waals surface area contributed by atoms with Gasteiger partial charge < -0.3 is 14.0 Å². The number of aromatic amines is 1. The summed E-state index contributed by atoms with van der Waals surface area (Å²) in [4.78, 5) is 34.9. The lowest BCUT2D eigenvalue weighted by atomic mass is 10.1. The van der Waals surface area contributed by atoms with E-state index in [1.807, 2.05) is 42.7 Å². The van der Waals surface area contributed by atoms with E-state index >= 15 is 0 Å². The molecule has 2 aromatic rings. The van der Waals surface area contributed by atoms with Crippen LogP contribution >= 0.6 is 0 Å². The van der Waals surface area contributed by atoms with Gasteiger partial charge >= 0.3 is 5.69 Å². The number of hydrogen-bond donors (Lipinski definition) is 1. The van der Waals surface area contributed by atoms with Gasteiger partial charge in [0.2, 0.25) is 0 Å². The number of rotatable bonds is 4. The summed E-state index contributed by atoms with van der Waals surface area (Å²) in [5, 5.41) is 0. The number of H-pyrrole nitrogens is 1. The highest BCUT2D eigenvalue weighted by Crippen LogP contribution is 2.35. The van der Waals surface area contributed by atoms with Gasteiger partial charge in [-0.05, 0) is 18.4 Å². The molecule has 31 heavy (non-hydrogen) atoms. The van der Waals surface area contributed by atoms with Gasteiger partial charge in [-0.3, -0.25) is 9.78 Å². The Balaban J connectivity index is 0.00000112. The predicted octanol–water partition coefficient (Wildman–Crippen LogP) is 3.01. The molecule has 8 nitrogen and oxygen atoms in total. The molecule has 2 aromatic carbocycles. The van der Waals surface area contributed by atoms with Crippen LogP contribution < -0.4 is 20.7 Å². The van der Waals surface area contributed by atoms with Crippen LogP contribution in [-0.2, 0) is 13.0 Å². The van der Waals surface area contributed by atoms with Gasteiger partial charge in [0.25, 0.3) is 5.56 Å². The number of aryl methyl sites for hydroxylation is 2. The molecule has 0 fully saturated rings. The first kappa shape index (κ1) is 20.6. The van der Waals surface area contributed by atoms with Crippen molar-refractivity contribution in [1.82, 2.24) is 19.5 Å². The Morgan fingerprint density at radius 3 is 2.45 bits per heavy atom. The lowest BCUT2D eigenvalue weighted by Gasteiger charge is -2.21. The zero-order chi connectivity index (χ0) is 21.8. The summed E-state index contributed by atoms with van der Waals surface area (Å²) in [6, 6.07) is 13.8. The van der Waals surface area contributed by atoms with Crippen LogP contribution in [-0.4, -0.2) is 32.7 Å². The molecule has 0 amide bonds. The van der Waals surface area contributed by atoms with Gasteiger partial charge in [-0.15, -0.1) is 0 Å². The maximum Gasteiger partial charge on any atom is 0.349 e. The van der Waals surface area contributed by atoms with Gasteiger partial charge in [-0.2, -0.15) is 4.98 Å². The highest BCUT2D eigenvalue weighted by molar-refractivity contribution is 5.83. The third kappa shape index (κ3) is 4.14. The molecule has 5 rings (SSSR count). The summed E-state index contributed by atoms with van der Waals surface area (Å²) in [7, 11) is 0. The Morgan fingerprint density at radius 2 is 1.71 bits per heavy atom. The van der Waals surface area contributed by atoms with E-state index < -0.39 is 11.2 Å². The molecule has 0 atom stereocenters. The van der Waals surface area contributed by atoms with Crippen LogP contribution in [0.5, 0.6) is 11.5 Å². The van der Waals surface area contributed by atoms with E-state index in [0.717, 1.165) is 18.4 Å². The number of fused-ring (bicyclic) bond motifs is 3. The molecule has 0 radical (unpaired) electrons. The van der Waals surface area contributed by atoms with Crippen molar-refractivity contribution >= 4 is 11.0 Å². The van der Waals surface area contributed by atoms with E-state index in [0.29, 0.717) is 36.8 Å². The van der Waals surface area contributed by atoms with Crippen LogP contribution in [0.4, 0.5) is 0 Å². The standard InChI is InChI=1S/C21H18N4O4.C2H6/c26-20-18-19(23-21(27)24-20)25(8-4-7-13-5-2-1-3-6-13)15-12-17-16(11-14(15)22-18)28-9-10-29-17;1-2/h1-3,5-6,11-12H,4,7-10H2,(H,24,26,27);1-2H3. The van der Waals surface area contributed by atoms with E-state index in [4.69, 9.17) is 9.47 Å². The quantitative estimate of drug-likeness (QED) is 0.510. The second-order valence-electron chi connectivity index (χ2n) is 6.88. The van der Waals surface area contributed by atoms with Gasteiger partial charge in [0.15, 0.2) is 23.0 Å². The Kier molecular flexibility index (Phi) is 5.97. The minimum Gasteiger partial charge on any atom is -0.486 e. The number of benzene rings is 2.